The molecule has 0 unspecified atom stereocenters. The van der Waals surface area contributed by atoms with Gasteiger partial charge in [0.25, 0.3) is 0 Å². The maximum Gasteiger partial charge on any atom is 0.410 e. The van der Waals surface area contributed by atoms with E-state index >= 15 is 0 Å². The molecule has 3 aromatic rings. The second kappa shape index (κ2) is 11.7. The van der Waals surface area contributed by atoms with Crippen LogP contribution >= 0.6 is 0 Å². The minimum atomic E-state index is -0.544. The van der Waals surface area contributed by atoms with Gasteiger partial charge in [-0.3, -0.25) is 0 Å². The van der Waals surface area contributed by atoms with Crippen LogP contribution in [0.15, 0.2) is 36.7 Å². The van der Waals surface area contributed by atoms with E-state index in [-0.39, 0.29) is 6.09 Å². The van der Waals surface area contributed by atoms with Crippen LogP contribution in [-0.2, 0) is 16.0 Å². The van der Waals surface area contributed by atoms with Gasteiger partial charge in [0.1, 0.15) is 5.60 Å². The normalized spacial score (nSPS) is 14.7. The molecule has 1 aromatic carbocycles. The molecular formula is C27H38N6O3. The fourth-order valence-corrected chi connectivity index (χ4v) is 4.49. The number of ether oxygens (including phenoxy) is 2. The summed E-state index contributed by atoms with van der Waals surface area (Å²) in [6.07, 6.45) is 10.2. The smallest absolute Gasteiger partial charge is 0.410 e. The van der Waals surface area contributed by atoms with Crippen LogP contribution < -0.4 is 5.32 Å². The molecular weight excluding hydrogens is 456 g/mol. The Morgan fingerprint density at radius 2 is 1.89 bits per heavy atom. The second-order valence-corrected chi connectivity index (χ2v) is 10.4. The summed E-state index contributed by atoms with van der Waals surface area (Å²) in [5.74, 6) is 0.544. The highest BCUT2D eigenvalue weighted by Crippen LogP contribution is 2.30. The van der Waals surface area contributed by atoms with Crippen LogP contribution in [0.3, 0.4) is 0 Å². The van der Waals surface area contributed by atoms with Crippen molar-refractivity contribution in [2.75, 3.05) is 25.6 Å². The third-order valence-electron chi connectivity index (χ3n) is 6.27. The van der Waals surface area contributed by atoms with Crippen LogP contribution in [0.1, 0.15) is 70.9 Å². The Bertz CT molecular complexity index is 1130. The average Bonchev–Trinajstić information content (AvgIpc) is 3.27. The Hall–Kier alpha value is -3.20. The number of fused-ring (bicyclic) bond motifs is 1. The summed E-state index contributed by atoms with van der Waals surface area (Å²) >= 11 is 0. The highest BCUT2D eigenvalue weighted by Gasteiger charge is 2.22. The van der Waals surface area contributed by atoms with Crippen molar-refractivity contribution in [1.82, 2.24) is 24.6 Å². The zero-order valence-corrected chi connectivity index (χ0v) is 21.9. The van der Waals surface area contributed by atoms with Crippen LogP contribution in [0.25, 0.3) is 11.0 Å². The number of benzene rings is 1. The van der Waals surface area contributed by atoms with Crippen molar-refractivity contribution in [1.29, 1.82) is 0 Å². The van der Waals surface area contributed by atoms with Crippen LogP contribution in [0.2, 0.25) is 0 Å². The highest BCUT2D eigenvalue weighted by atomic mass is 16.6. The van der Waals surface area contributed by atoms with Gasteiger partial charge in [0.15, 0.2) is 5.65 Å². The number of anilines is 2. The number of nitrogens with zero attached hydrogens (tertiary/aromatic N) is 5. The molecule has 0 spiro atoms. The van der Waals surface area contributed by atoms with Gasteiger partial charge in [0.2, 0.25) is 5.95 Å². The van der Waals surface area contributed by atoms with Gasteiger partial charge in [0.05, 0.1) is 17.6 Å². The molecule has 4 rings (SSSR count). The third-order valence-corrected chi connectivity index (χ3v) is 6.27. The van der Waals surface area contributed by atoms with Gasteiger partial charge >= 0.3 is 6.09 Å². The predicted octanol–water partition coefficient (Wildman–Crippen LogP) is 5.85. The molecule has 2 heterocycles. The van der Waals surface area contributed by atoms with Crippen molar-refractivity contribution in [3.63, 3.8) is 0 Å². The molecule has 1 fully saturated rings. The first-order valence-electron chi connectivity index (χ1n) is 12.9. The Kier molecular flexibility index (Phi) is 8.40. The fourth-order valence-electron chi connectivity index (χ4n) is 4.49. The first-order valence-corrected chi connectivity index (χ1v) is 12.9. The monoisotopic (exact) mass is 494 g/mol. The quantitative estimate of drug-likeness (QED) is 0.373. The van der Waals surface area contributed by atoms with Gasteiger partial charge in [-0.2, -0.15) is 10.1 Å². The topological polar surface area (TPSA) is 94.4 Å². The lowest BCUT2D eigenvalue weighted by molar-refractivity contribution is 0.0218. The Morgan fingerprint density at radius 1 is 1.14 bits per heavy atom. The molecule has 1 N–H and O–H groups in total. The van der Waals surface area contributed by atoms with Gasteiger partial charge in [0, 0.05) is 38.7 Å². The second-order valence-electron chi connectivity index (χ2n) is 10.4. The molecule has 0 radical (unpaired) electrons. The summed E-state index contributed by atoms with van der Waals surface area (Å²) in [4.78, 5) is 23.7. The number of carbonyl (C=O) groups excluding carboxylic acids is 1. The van der Waals surface area contributed by atoms with Gasteiger partial charge in [-0.15, -0.1) is 0 Å². The van der Waals surface area contributed by atoms with E-state index in [9.17, 15) is 4.79 Å². The predicted molar refractivity (Wildman–Crippen MR) is 140 cm³/mol. The molecule has 36 heavy (non-hydrogen) atoms. The summed E-state index contributed by atoms with van der Waals surface area (Å²) in [5.41, 5.74) is 2.22. The largest absolute Gasteiger partial charge is 0.444 e. The molecule has 194 valence electrons. The minimum Gasteiger partial charge on any atom is -0.444 e. The maximum atomic E-state index is 12.7. The average molecular weight is 495 g/mol. The molecule has 1 aliphatic carbocycles. The van der Waals surface area contributed by atoms with E-state index in [1.54, 1.807) is 12.0 Å². The molecule has 1 amide bonds. The maximum absolute atomic E-state index is 12.7. The summed E-state index contributed by atoms with van der Waals surface area (Å²) in [7, 11) is 1.66. The number of nitrogens with one attached hydrogen (secondary N) is 1. The number of rotatable bonds is 9. The Labute approximate surface area is 213 Å². The Morgan fingerprint density at radius 3 is 2.58 bits per heavy atom. The molecule has 1 aliphatic rings. The lowest BCUT2D eigenvalue weighted by Crippen LogP contribution is -2.37. The van der Waals surface area contributed by atoms with Gasteiger partial charge in [-0.05, 0) is 57.7 Å². The van der Waals surface area contributed by atoms with Crippen molar-refractivity contribution < 1.29 is 14.3 Å². The standard InChI is InChI=1S/C27H38N6O3/c1-27(2,3)36-26(34)32(15-8-16-35-4)19-20-11-13-22(14-12-20)30-25-28-17-21-18-29-33(24(21)31-25)23-9-6-5-7-10-23/h11-14,17-18,23H,5-10,15-16,19H2,1-4H3,(H,28,30,31). The van der Waals surface area contributed by atoms with Crippen LogP contribution in [0.4, 0.5) is 16.4 Å². The first kappa shape index (κ1) is 25.9. The molecule has 9 heteroatoms. The van der Waals surface area contributed by atoms with Crippen molar-refractivity contribution in [3.8, 4) is 0 Å². The summed E-state index contributed by atoms with van der Waals surface area (Å²) in [5, 5.41) is 8.87. The molecule has 2 aromatic heterocycles. The van der Waals surface area contributed by atoms with Crippen LogP contribution in [0, 0.1) is 0 Å². The third kappa shape index (κ3) is 6.94. The number of carbonyl (C=O) groups is 1. The van der Waals surface area contributed by atoms with Crippen molar-refractivity contribution in [3.05, 3.63) is 42.2 Å². The zero-order valence-electron chi connectivity index (χ0n) is 21.9. The molecule has 0 bridgehead atoms. The van der Waals surface area contributed by atoms with Crippen molar-refractivity contribution >= 4 is 28.8 Å². The van der Waals surface area contributed by atoms with E-state index in [1.165, 1.54) is 19.3 Å². The van der Waals surface area contributed by atoms with Crippen molar-refractivity contribution in [2.45, 2.75) is 77.5 Å². The van der Waals surface area contributed by atoms with Crippen LogP contribution in [-0.4, -0.2) is 56.6 Å². The van der Waals surface area contributed by atoms with E-state index in [0.29, 0.717) is 31.7 Å². The number of hydrogen-bond donors (Lipinski definition) is 1. The van der Waals surface area contributed by atoms with Gasteiger partial charge in [-0.25, -0.2) is 14.5 Å². The SMILES string of the molecule is COCCCN(Cc1ccc(Nc2ncc3cnn(C4CCCCC4)c3n2)cc1)C(=O)OC(C)(C)C. The van der Waals surface area contributed by atoms with E-state index < -0.39 is 5.60 Å². The molecule has 0 atom stereocenters. The van der Waals surface area contributed by atoms with E-state index in [1.807, 2.05) is 57.4 Å². The zero-order chi connectivity index (χ0) is 25.5. The molecule has 1 saturated carbocycles. The van der Waals surface area contributed by atoms with Crippen molar-refractivity contribution in [2.24, 2.45) is 0 Å². The number of hydrogen-bond acceptors (Lipinski definition) is 7. The number of methoxy groups -OCH3 is 1. The lowest BCUT2D eigenvalue weighted by atomic mass is 9.96. The minimum absolute atomic E-state index is 0.322. The summed E-state index contributed by atoms with van der Waals surface area (Å²) in [6, 6.07) is 8.37. The van der Waals surface area contributed by atoms with E-state index in [0.717, 1.165) is 41.5 Å². The highest BCUT2D eigenvalue weighted by molar-refractivity contribution is 5.75. The van der Waals surface area contributed by atoms with E-state index in [2.05, 4.69) is 20.1 Å². The molecule has 0 saturated heterocycles. The fraction of sp³-hybridized carbons (Fsp3) is 0.556. The number of amides is 1. The summed E-state index contributed by atoms with van der Waals surface area (Å²) < 4.78 is 12.8. The van der Waals surface area contributed by atoms with E-state index in [4.69, 9.17) is 14.5 Å². The Balaban J connectivity index is 1.43. The first-order chi connectivity index (χ1) is 17.3. The lowest BCUT2D eigenvalue weighted by Gasteiger charge is -2.27. The molecule has 0 aliphatic heterocycles. The number of aromatic nitrogens is 4. The molecule has 9 nitrogen and oxygen atoms in total. The van der Waals surface area contributed by atoms with Gasteiger partial charge in [-0.1, -0.05) is 31.4 Å². The van der Waals surface area contributed by atoms with Crippen LogP contribution in [0.5, 0.6) is 0 Å². The summed E-state index contributed by atoms with van der Waals surface area (Å²) in [6.45, 7) is 7.24. The van der Waals surface area contributed by atoms with Gasteiger partial charge < -0.3 is 19.7 Å².